The van der Waals surface area contributed by atoms with E-state index in [0.717, 1.165) is 4.88 Å². The van der Waals surface area contributed by atoms with Gasteiger partial charge in [0.1, 0.15) is 0 Å². The van der Waals surface area contributed by atoms with Crippen molar-refractivity contribution in [3.63, 3.8) is 0 Å². The predicted octanol–water partition coefficient (Wildman–Crippen LogP) is 3.82. The van der Waals surface area contributed by atoms with E-state index in [-0.39, 0.29) is 0 Å². The van der Waals surface area contributed by atoms with Crippen molar-refractivity contribution in [3.8, 4) is 0 Å². The van der Waals surface area contributed by atoms with Gasteiger partial charge >= 0.3 is 0 Å². The molecule has 0 aliphatic carbocycles. The van der Waals surface area contributed by atoms with Crippen LogP contribution in [0.4, 0.5) is 0 Å². The molecule has 1 heterocycles. The standard InChI is InChI=1S/C15H18OS/c1-11-6-7-12(2)13(9-11)10-15(3,16)14-5-4-8-17-14/h4-9,16H,10H2,1-3H3. The molecule has 2 rings (SSSR count). The first-order valence-electron chi connectivity index (χ1n) is 5.81. The summed E-state index contributed by atoms with van der Waals surface area (Å²) >= 11 is 1.61. The molecule has 0 bridgehead atoms. The first-order chi connectivity index (χ1) is 7.99. The minimum Gasteiger partial charge on any atom is -0.384 e. The molecule has 0 radical (unpaired) electrons. The van der Waals surface area contributed by atoms with Crippen LogP contribution in [0.15, 0.2) is 35.7 Å². The van der Waals surface area contributed by atoms with Gasteiger partial charge in [0, 0.05) is 11.3 Å². The Kier molecular flexibility index (Phi) is 3.36. The van der Waals surface area contributed by atoms with Gasteiger partial charge in [0.15, 0.2) is 0 Å². The third kappa shape index (κ3) is 2.76. The predicted molar refractivity (Wildman–Crippen MR) is 73.5 cm³/mol. The second kappa shape index (κ2) is 4.63. The van der Waals surface area contributed by atoms with Crippen LogP contribution in [0.3, 0.4) is 0 Å². The monoisotopic (exact) mass is 246 g/mol. The van der Waals surface area contributed by atoms with Crippen LogP contribution in [0.1, 0.15) is 28.5 Å². The van der Waals surface area contributed by atoms with Crippen molar-refractivity contribution in [3.05, 3.63) is 57.3 Å². The molecule has 0 aliphatic heterocycles. The van der Waals surface area contributed by atoms with Crippen molar-refractivity contribution in [2.75, 3.05) is 0 Å². The molecule has 1 nitrogen and oxygen atoms in total. The quantitative estimate of drug-likeness (QED) is 0.873. The first-order valence-corrected chi connectivity index (χ1v) is 6.69. The third-order valence-corrected chi connectivity index (χ3v) is 4.21. The maximum atomic E-state index is 10.6. The number of hydrogen-bond acceptors (Lipinski definition) is 2. The second-order valence-corrected chi connectivity index (χ2v) is 5.81. The highest BCUT2D eigenvalue weighted by Crippen LogP contribution is 2.30. The number of aryl methyl sites for hydroxylation is 2. The topological polar surface area (TPSA) is 20.2 Å². The van der Waals surface area contributed by atoms with E-state index in [1.807, 2.05) is 24.4 Å². The lowest BCUT2D eigenvalue weighted by Crippen LogP contribution is -2.23. The highest BCUT2D eigenvalue weighted by Gasteiger charge is 2.25. The zero-order valence-corrected chi connectivity index (χ0v) is 11.3. The summed E-state index contributed by atoms with van der Waals surface area (Å²) in [4.78, 5) is 1.03. The normalized spacial score (nSPS) is 14.6. The van der Waals surface area contributed by atoms with Gasteiger partial charge in [-0.05, 0) is 43.3 Å². The van der Waals surface area contributed by atoms with Gasteiger partial charge in [0.05, 0.1) is 5.60 Å². The fraction of sp³-hybridized carbons (Fsp3) is 0.333. The summed E-state index contributed by atoms with van der Waals surface area (Å²) in [6.07, 6.45) is 0.668. The van der Waals surface area contributed by atoms with Gasteiger partial charge in [-0.15, -0.1) is 11.3 Å². The van der Waals surface area contributed by atoms with Crippen LogP contribution in [-0.4, -0.2) is 5.11 Å². The van der Waals surface area contributed by atoms with Gasteiger partial charge in [-0.25, -0.2) is 0 Å². The van der Waals surface area contributed by atoms with E-state index >= 15 is 0 Å². The molecule has 1 unspecified atom stereocenters. The molecule has 17 heavy (non-hydrogen) atoms. The molecule has 90 valence electrons. The smallest absolute Gasteiger partial charge is 0.1000 e. The Morgan fingerprint density at radius 2 is 2.00 bits per heavy atom. The second-order valence-electron chi connectivity index (χ2n) is 4.86. The van der Waals surface area contributed by atoms with Gasteiger partial charge < -0.3 is 5.11 Å². The Morgan fingerprint density at radius 1 is 1.24 bits per heavy atom. The zero-order valence-electron chi connectivity index (χ0n) is 10.5. The molecule has 0 amide bonds. The maximum absolute atomic E-state index is 10.6. The molecule has 0 saturated heterocycles. The summed E-state index contributed by atoms with van der Waals surface area (Å²) in [5.74, 6) is 0. The van der Waals surface area contributed by atoms with Crippen molar-refractivity contribution in [2.45, 2.75) is 32.8 Å². The molecule has 1 aromatic carbocycles. The number of rotatable bonds is 3. The number of aliphatic hydroxyl groups is 1. The van der Waals surface area contributed by atoms with E-state index in [4.69, 9.17) is 0 Å². The molecule has 2 heteroatoms. The van der Waals surface area contributed by atoms with Gasteiger partial charge in [0.25, 0.3) is 0 Å². The lowest BCUT2D eigenvalue weighted by Gasteiger charge is -2.23. The van der Waals surface area contributed by atoms with E-state index in [2.05, 4.69) is 32.0 Å². The van der Waals surface area contributed by atoms with Crippen LogP contribution in [0.25, 0.3) is 0 Å². The molecule has 1 atom stereocenters. The molecular formula is C15H18OS. The van der Waals surface area contributed by atoms with Crippen molar-refractivity contribution in [1.29, 1.82) is 0 Å². The molecule has 0 spiro atoms. The van der Waals surface area contributed by atoms with E-state index < -0.39 is 5.60 Å². The van der Waals surface area contributed by atoms with Crippen LogP contribution < -0.4 is 0 Å². The zero-order chi connectivity index (χ0) is 12.5. The highest BCUT2D eigenvalue weighted by molar-refractivity contribution is 7.10. The molecule has 0 aliphatic rings. The van der Waals surface area contributed by atoms with Crippen LogP contribution in [0, 0.1) is 13.8 Å². The summed E-state index contributed by atoms with van der Waals surface area (Å²) in [5, 5.41) is 12.6. The van der Waals surface area contributed by atoms with Crippen molar-refractivity contribution in [1.82, 2.24) is 0 Å². The van der Waals surface area contributed by atoms with E-state index in [9.17, 15) is 5.11 Å². The van der Waals surface area contributed by atoms with Crippen LogP contribution >= 0.6 is 11.3 Å². The van der Waals surface area contributed by atoms with Gasteiger partial charge in [-0.1, -0.05) is 29.8 Å². The Hall–Kier alpha value is -1.12. The molecule has 0 saturated carbocycles. The van der Waals surface area contributed by atoms with Crippen LogP contribution in [-0.2, 0) is 12.0 Å². The minimum atomic E-state index is -0.771. The van der Waals surface area contributed by atoms with Crippen molar-refractivity contribution in [2.24, 2.45) is 0 Å². The lowest BCUT2D eigenvalue weighted by atomic mass is 9.91. The third-order valence-electron chi connectivity index (χ3n) is 3.09. The van der Waals surface area contributed by atoms with E-state index in [0.29, 0.717) is 6.42 Å². The average Bonchev–Trinajstić information content (AvgIpc) is 2.77. The largest absolute Gasteiger partial charge is 0.384 e. The maximum Gasteiger partial charge on any atom is 0.1000 e. The molecule has 1 aromatic heterocycles. The van der Waals surface area contributed by atoms with Crippen LogP contribution in [0.5, 0.6) is 0 Å². The summed E-state index contributed by atoms with van der Waals surface area (Å²) in [6, 6.07) is 10.4. The summed E-state index contributed by atoms with van der Waals surface area (Å²) < 4.78 is 0. The van der Waals surface area contributed by atoms with Crippen LogP contribution in [0.2, 0.25) is 0 Å². The molecule has 0 fully saturated rings. The average molecular weight is 246 g/mol. The van der Waals surface area contributed by atoms with Crippen molar-refractivity contribution >= 4 is 11.3 Å². The van der Waals surface area contributed by atoms with Crippen molar-refractivity contribution < 1.29 is 5.11 Å². The number of thiophene rings is 1. The summed E-state index contributed by atoms with van der Waals surface area (Å²) in [5.41, 5.74) is 2.94. The fourth-order valence-electron chi connectivity index (χ4n) is 2.03. The Labute approximate surface area is 107 Å². The summed E-state index contributed by atoms with van der Waals surface area (Å²) in [6.45, 7) is 6.07. The summed E-state index contributed by atoms with van der Waals surface area (Å²) in [7, 11) is 0. The number of hydrogen-bond donors (Lipinski definition) is 1. The fourth-order valence-corrected chi connectivity index (χ4v) is 2.82. The van der Waals surface area contributed by atoms with Gasteiger partial charge in [-0.3, -0.25) is 0 Å². The lowest BCUT2D eigenvalue weighted by molar-refractivity contribution is 0.0613. The van der Waals surface area contributed by atoms with Gasteiger partial charge in [0.2, 0.25) is 0 Å². The first kappa shape index (κ1) is 12.3. The molecular weight excluding hydrogens is 228 g/mol. The number of benzene rings is 1. The van der Waals surface area contributed by atoms with Gasteiger partial charge in [-0.2, -0.15) is 0 Å². The Bertz CT molecular complexity index is 498. The Morgan fingerprint density at radius 3 is 2.65 bits per heavy atom. The minimum absolute atomic E-state index is 0.668. The Balaban J connectivity index is 2.29. The molecule has 2 aromatic rings. The van der Waals surface area contributed by atoms with E-state index in [1.54, 1.807) is 11.3 Å². The van der Waals surface area contributed by atoms with E-state index in [1.165, 1.54) is 16.7 Å². The SMILES string of the molecule is Cc1ccc(C)c(CC(C)(O)c2cccs2)c1. The highest BCUT2D eigenvalue weighted by atomic mass is 32.1. The molecule has 1 N–H and O–H groups in total.